The molecule has 0 aliphatic carbocycles. The first kappa shape index (κ1) is 17.5. The summed E-state index contributed by atoms with van der Waals surface area (Å²) >= 11 is 6.11. The van der Waals surface area contributed by atoms with Gasteiger partial charge in [0.1, 0.15) is 5.82 Å². The molecule has 6 nitrogen and oxygen atoms in total. The van der Waals surface area contributed by atoms with E-state index >= 15 is 0 Å². The van der Waals surface area contributed by atoms with Crippen molar-refractivity contribution in [3.63, 3.8) is 0 Å². The number of carboxylic acid groups (broad SMARTS) is 1. The van der Waals surface area contributed by atoms with Gasteiger partial charge >= 0.3 is 5.97 Å². The number of hydrogen-bond acceptors (Lipinski definition) is 4. The monoisotopic (exact) mass is 382 g/mol. The highest BCUT2D eigenvalue weighted by Gasteiger charge is 2.17. The number of fused-ring (bicyclic) bond motifs is 1. The van der Waals surface area contributed by atoms with Crippen LogP contribution in [-0.2, 0) is 12.8 Å². The first-order valence-electron chi connectivity index (χ1n) is 8.87. The number of pyridine rings is 1. The van der Waals surface area contributed by atoms with E-state index in [2.05, 4.69) is 32.0 Å². The molecule has 27 heavy (non-hydrogen) atoms. The largest absolute Gasteiger partial charge is 0.478 e. The molecule has 0 fully saturated rings. The fourth-order valence-electron chi connectivity index (χ4n) is 3.45. The third-order valence-electron chi connectivity index (χ3n) is 4.79. The molecule has 0 radical (unpaired) electrons. The zero-order chi connectivity index (χ0) is 18.8. The molecule has 138 valence electrons. The first-order valence-corrected chi connectivity index (χ1v) is 9.25. The number of H-pyrrole nitrogens is 1. The third-order valence-corrected chi connectivity index (χ3v) is 5.02. The molecule has 3 aromatic rings. The smallest absolute Gasteiger partial charge is 0.335 e. The molecule has 0 atom stereocenters. The van der Waals surface area contributed by atoms with Crippen molar-refractivity contribution in [3.05, 3.63) is 64.7 Å². The molecule has 0 amide bonds. The van der Waals surface area contributed by atoms with Gasteiger partial charge in [-0.2, -0.15) is 0 Å². The Labute approximate surface area is 161 Å². The van der Waals surface area contributed by atoms with Gasteiger partial charge in [-0.05, 0) is 48.7 Å². The fourth-order valence-corrected chi connectivity index (χ4v) is 3.64. The summed E-state index contributed by atoms with van der Waals surface area (Å²) in [5.41, 5.74) is 4.04. The van der Waals surface area contributed by atoms with Crippen molar-refractivity contribution in [1.82, 2.24) is 15.0 Å². The summed E-state index contributed by atoms with van der Waals surface area (Å²) in [6, 6.07) is 9.10. The highest BCUT2D eigenvalue weighted by atomic mass is 35.5. The molecular formula is C20H19ClN4O2. The van der Waals surface area contributed by atoms with Crippen molar-refractivity contribution in [3.8, 4) is 11.4 Å². The van der Waals surface area contributed by atoms with Crippen molar-refractivity contribution < 1.29 is 9.90 Å². The normalized spacial score (nSPS) is 13.4. The SMILES string of the molecule is O=C(O)c1ccnc(-c2cnc(CCN3CCCc4cc(Cl)ccc43)[nH]2)c1. The number of rotatable bonds is 5. The predicted octanol–water partition coefficient (Wildman–Crippen LogP) is 3.82. The second kappa shape index (κ2) is 7.40. The van der Waals surface area contributed by atoms with E-state index in [0.29, 0.717) is 5.69 Å². The average Bonchev–Trinajstić information content (AvgIpc) is 3.15. The number of nitrogens with one attached hydrogen (secondary N) is 1. The van der Waals surface area contributed by atoms with Gasteiger partial charge in [-0.1, -0.05) is 11.6 Å². The van der Waals surface area contributed by atoms with Crippen molar-refractivity contribution in [2.45, 2.75) is 19.3 Å². The number of benzene rings is 1. The Kier molecular flexibility index (Phi) is 4.81. The van der Waals surface area contributed by atoms with E-state index < -0.39 is 5.97 Å². The zero-order valence-electron chi connectivity index (χ0n) is 14.7. The average molecular weight is 383 g/mol. The number of aromatic amines is 1. The summed E-state index contributed by atoms with van der Waals surface area (Å²) in [6.45, 7) is 1.87. The molecule has 3 heterocycles. The highest BCUT2D eigenvalue weighted by molar-refractivity contribution is 6.30. The third kappa shape index (κ3) is 3.80. The number of aromatic nitrogens is 3. The standard InChI is InChI=1S/C20H19ClN4O2/c21-15-3-4-18-13(10-15)2-1-8-25(18)9-6-19-23-12-17(24-19)16-11-14(20(26)27)5-7-22-16/h3-5,7,10-12H,1-2,6,8-9H2,(H,23,24)(H,26,27). The fraction of sp³-hybridized carbons (Fsp3) is 0.250. The van der Waals surface area contributed by atoms with Gasteiger partial charge in [-0.25, -0.2) is 9.78 Å². The minimum absolute atomic E-state index is 0.208. The van der Waals surface area contributed by atoms with Gasteiger partial charge in [0.25, 0.3) is 0 Å². The van der Waals surface area contributed by atoms with Crippen molar-refractivity contribution in [2.24, 2.45) is 0 Å². The number of carboxylic acids is 1. The zero-order valence-corrected chi connectivity index (χ0v) is 15.4. The Morgan fingerprint density at radius 3 is 3.00 bits per heavy atom. The molecule has 0 saturated carbocycles. The number of halogens is 1. The maximum atomic E-state index is 11.1. The van der Waals surface area contributed by atoms with Gasteiger partial charge in [0.2, 0.25) is 0 Å². The second-order valence-electron chi connectivity index (χ2n) is 6.59. The minimum atomic E-state index is -0.970. The number of nitrogens with zero attached hydrogens (tertiary/aromatic N) is 3. The van der Waals surface area contributed by atoms with Gasteiger partial charge in [-0.15, -0.1) is 0 Å². The molecule has 1 aliphatic heterocycles. The molecule has 0 bridgehead atoms. The molecule has 2 aromatic heterocycles. The van der Waals surface area contributed by atoms with E-state index in [1.54, 1.807) is 12.3 Å². The lowest BCUT2D eigenvalue weighted by Gasteiger charge is -2.31. The Balaban J connectivity index is 1.47. The van der Waals surface area contributed by atoms with E-state index in [1.807, 2.05) is 6.07 Å². The molecule has 7 heteroatoms. The number of anilines is 1. The number of carbonyl (C=O) groups is 1. The molecule has 0 unspecified atom stereocenters. The number of imidazole rings is 1. The molecular weight excluding hydrogens is 364 g/mol. The van der Waals surface area contributed by atoms with Crippen LogP contribution in [0.25, 0.3) is 11.4 Å². The minimum Gasteiger partial charge on any atom is -0.478 e. The van der Waals surface area contributed by atoms with E-state index in [0.717, 1.165) is 48.9 Å². The van der Waals surface area contributed by atoms with Crippen LogP contribution in [0, 0.1) is 0 Å². The quantitative estimate of drug-likeness (QED) is 0.701. The summed E-state index contributed by atoms with van der Waals surface area (Å²) in [5.74, 6) is -0.115. The van der Waals surface area contributed by atoms with E-state index in [1.165, 1.54) is 23.5 Å². The van der Waals surface area contributed by atoms with Crippen LogP contribution < -0.4 is 4.90 Å². The summed E-state index contributed by atoms with van der Waals surface area (Å²) in [6.07, 6.45) is 6.13. The lowest BCUT2D eigenvalue weighted by atomic mass is 10.0. The molecule has 2 N–H and O–H groups in total. The lowest BCUT2D eigenvalue weighted by molar-refractivity contribution is 0.0697. The number of aromatic carboxylic acids is 1. The van der Waals surface area contributed by atoms with Crippen molar-refractivity contribution in [2.75, 3.05) is 18.0 Å². The van der Waals surface area contributed by atoms with Gasteiger partial charge in [0.05, 0.1) is 23.1 Å². The van der Waals surface area contributed by atoms with Crippen LogP contribution in [0.2, 0.25) is 5.02 Å². The van der Waals surface area contributed by atoms with Gasteiger partial charge in [-0.3, -0.25) is 4.98 Å². The number of hydrogen-bond donors (Lipinski definition) is 2. The highest BCUT2D eigenvalue weighted by Crippen LogP contribution is 2.29. The van der Waals surface area contributed by atoms with Gasteiger partial charge < -0.3 is 15.0 Å². The van der Waals surface area contributed by atoms with E-state index in [9.17, 15) is 4.79 Å². The molecule has 0 spiro atoms. The van der Waals surface area contributed by atoms with Crippen LogP contribution >= 0.6 is 11.6 Å². The summed E-state index contributed by atoms with van der Waals surface area (Å²) < 4.78 is 0. The van der Waals surface area contributed by atoms with Crippen LogP contribution in [-0.4, -0.2) is 39.1 Å². The van der Waals surface area contributed by atoms with E-state index in [-0.39, 0.29) is 5.56 Å². The molecule has 1 aliphatic rings. The summed E-state index contributed by atoms with van der Waals surface area (Å²) in [7, 11) is 0. The Morgan fingerprint density at radius 1 is 1.26 bits per heavy atom. The van der Waals surface area contributed by atoms with Gasteiger partial charge in [0.15, 0.2) is 0 Å². The molecule has 1 aromatic carbocycles. The Morgan fingerprint density at radius 2 is 2.15 bits per heavy atom. The Bertz CT molecular complexity index is 986. The molecule has 4 rings (SSSR count). The van der Waals surface area contributed by atoms with Crippen LogP contribution in [0.1, 0.15) is 28.2 Å². The van der Waals surface area contributed by atoms with Crippen LogP contribution in [0.5, 0.6) is 0 Å². The number of aryl methyl sites for hydroxylation is 1. The van der Waals surface area contributed by atoms with Crippen molar-refractivity contribution in [1.29, 1.82) is 0 Å². The maximum Gasteiger partial charge on any atom is 0.335 e. The predicted molar refractivity (Wildman–Crippen MR) is 104 cm³/mol. The summed E-state index contributed by atoms with van der Waals surface area (Å²) in [4.78, 5) is 25.4. The lowest BCUT2D eigenvalue weighted by Crippen LogP contribution is -2.31. The van der Waals surface area contributed by atoms with Crippen molar-refractivity contribution >= 4 is 23.3 Å². The van der Waals surface area contributed by atoms with Crippen LogP contribution in [0.3, 0.4) is 0 Å². The van der Waals surface area contributed by atoms with Crippen LogP contribution in [0.15, 0.2) is 42.7 Å². The Hall–Kier alpha value is -2.86. The summed E-state index contributed by atoms with van der Waals surface area (Å²) in [5, 5.41) is 9.90. The first-order chi connectivity index (χ1) is 13.1. The maximum absolute atomic E-state index is 11.1. The topological polar surface area (TPSA) is 82.1 Å². The van der Waals surface area contributed by atoms with Crippen LogP contribution in [0.4, 0.5) is 5.69 Å². The molecule has 0 saturated heterocycles. The van der Waals surface area contributed by atoms with Gasteiger partial charge in [0, 0.05) is 36.4 Å². The second-order valence-corrected chi connectivity index (χ2v) is 7.03. The van der Waals surface area contributed by atoms with E-state index in [4.69, 9.17) is 16.7 Å².